The van der Waals surface area contributed by atoms with Crippen LogP contribution >= 0.6 is 0 Å². The fraction of sp³-hybridized carbons (Fsp3) is 0.857. The fourth-order valence-electron chi connectivity index (χ4n) is 2.31. The summed E-state index contributed by atoms with van der Waals surface area (Å²) in [4.78, 5) is 27.4. The third kappa shape index (κ3) is 5.26. The molecule has 0 aromatic rings. The predicted octanol–water partition coefficient (Wildman–Crippen LogP) is -1.23. The second kappa shape index (κ2) is 7.20. The van der Waals surface area contributed by atoms with Gasteiger partial charge in [-0.15, -0.1) is 0 Å². The molecule has 1 saturated heterocycles. The molecule has 21 heavy (non-hydrogen) atoms. The van der Waals surface area contributed by atoms with E-state index in [1.807, 2.05) is 11.8 Å². The van der Waals surface area contributed by atoms with Crippen molar-refractivity contribution in [2.24, 2.45) is 5.73 Å². The van der Waals surface area contributed by atoms with Crippen LogP contribution in [0.3, 0.4) is 0 Å². The number of amides is 2. The van der Waals surface area contributed by atoms with E-state index in [1.165, 1.54) is 4.90 Å². The lowest BCUT2D eigenvalue weighted by molar-refractivity contribution is -0.137. The number of morpholine rings is 1. The Morgan fingerprint density at radius 3 is 2.81 bits per heavy atom. The highest BCUT2D eigenvalue weighted by molar-refractivity contribution is 5.85. The summed E-state index contributed by atoms with van der Waals surface area (Å²) < 4.78 is 5.57. The van der Waals surface area contributed by atoms with Crippen molar-refractivity contribution in [3.63, 3.8) is 0 Å². The molecule has 1 aliphatic heterocycles. The zero-order valence-corrected chi connectivity index (χ0v) is 12.9. The van der Waals surface area contributed by atoms with Crippen LogP contribution in [0.4, 0.5) is 0 Å². The van der Waals surface area contributed by atoms with Gasteiger partial charge in [-0.2, -0.15) is 0 Å². The lowest BCUT2D eigenvalue weighted by atomic mass is 10.1. The average Bonchev–Trinajstić information content (AvgIpc) is 3.22. The highest BCUT2D eigenvalue weighted by Gasteiger charge is 2.27. The number of likely N-dealkylation sites (N-methyl/N-ethyl adjacent to an activating group) is 1. The van der Waals surface area contributed by atoms with E-state index < -0.39 is 0 Å². The van der Waals surface area contributed by atoms with Crippen LogP contribution in [-0.4, -0.2) is 79.6 Å². The number of carbonyl (C=O) groups excluding carboxylic acids is 2. The molecular weight excluding hydrogens is 272 g/mol. The van der Waals surface area contributed by atoms with Crippen LogP contribution < -0.4 is 11.1 Å². The number of nitrogens with one attached hydrogen (secondary N) is 1. The summed E-state index contributed by atoms with van der Waals surface area (Å²) in [6.45, 7) is 4.30. The van der Waals surface area contributed by atoms with Crippen molar-refractivity contribution in [1.82, 2.24) is 15.1 Å². The molecule has 7 heteroatoms. The SMILES string of the molecule is CC(N)C1CN(CC(=O)N(C)CC(=O)NC2CC2)CCO1. The van der Waals surface area contributed by atoms with E-state index in [0.29, 0.717) is 25.7 Å². The lowest BCUT2D eigenvalue weighted by Crippen LogP contribution is -2.52. The molecule has 0 radical (unpaired) electrons. The Hall–Kier alpha value is -1.18. The Morgan fingerprint density at radius 1 is 1.48 bits per heavy atom. The minimum absolute atomic E-state index is 0.0324. The first-order valence-electron chi connectivity index (χ1n) is 7.58. The maximum Gasteiger partial charge on any atom is 0.239 e. The Bertz CT molecular complexity index is 384. The van der Waals surface area contributed by atoms with Crippen LogP contribution in [0.5, 0.6) is 0 Å². The molecule has 3 N–H and O–H groups in total. The standard InChI is InChI=1S/C14H26N4O3/c1-10(15)12-7-18(5-6-21-12)9-14(20)17(2)8-13(19)16-11-3-4-11/h10-12H,3-9,15H2,1-2H3,(H,16,19). The summed E-state index contributed by atoms with van der Waals surface area (Å²) in [7, 11) is 1.66. The first kappa shape index (κ1) is 16.2. The van der Waals surface area contributed by atoms with E-state index in [-0.39, 0.29) is 30.5 Å². The van der Waals surface area contributed by atoms with Crippen molar-refractivity contribution in [3.05, 3.63) is 0 Å². The van der Waals surface area contributed by atoms with Crippen molar-refractivity contribution in [1.29, 1.82) is 0 Å². The molecule has 1 saturated carbocycles. The van der Waals surface area contributed by atoms with Gasteiger partial charge in [-0.25, -0.2) is 0 Å². The van der Waals surface area contributed by atoms with Crippen LogP contribution in [0.15, 0.2) is 0 Å². The van der Waals surface area contributed by atoms with Crippen molar-refractivity contribution in [2.45, 2.75) is 38.0 Å². The quantitative estimate of drug-likeness (QED) is 0.641. The van der Waals surface area contributed by atoms with Crippen molar-refractivity contribution in [3.8, 4) is 0 Å². The second-order valence-corrected chi connectivity index (χ2v) is 6.10. The van der Waals surface area contributed by atoms with Crippen LogP contribution in [-0.2, 0) is 14.3 Å². The number of rotatable bonds is 6. The zero-order chi connectivity index (χ0) is 15.4. The first-order valence-corrected chi connectivity index (χ1v) is 7.58. The molecule has 0 bridgehead atoms. The zero-order valence-electron chi connectivity index (χ0n) is 12.9. The smallest absolute Gasteiger partial charge is 0.239 e. The minimum atomic E-state index is -0.0798. The monoisotopic (exact) mass is 298 g/mol. The van der Waals surface area contributed by atoms with Crippen molar-refractivity contribution >= 4 is 11.8 Å². The molecule has 2 aliphatic rings. The molecule has 2 atom stereocenters. The number of nitrogens with two attached hydrogens (primary N) is 1. The highest BCUT2D eigenvalue weighted by atomic mass is 16.5. The second-order valence-electron chi connectivity index (χ2n) is 6.10. The number of ether oxygens (including phenoxy) is 1. The summed E-state index contributed by atoms with van der Waals surface area (Å²) in [5, 5.41) is 2.88. The molecule has 2 unspecified atom stereocenters. The minimum Gasteiger partial charge on any atom is -0.374 e. The molecule has 2 fully saturated rings. The van der Waals surface area contributed by atoms with E-state index in [4.69, 9.17) is 10.5 Å². The molecule has 120 valence electrons. The summed E-state index contributed by atoms with van der Waals surface area (Å²) >= 11 is 0. The van der Waals surface area contributed by atoms with Gasteiger partial charge < -0.3 is 20.7 Å². The molecule has 1 aliphatic carbocycles. The molecule has 2 amide bonds. The molecule has 7 nitrogen and oxygen atoms in total. The van der Waals surface area contributed by atoms with Gasteiger partial charge in [-0.1, -0.05) is 0 Å². The highest BCUT2D eigenvalue weighted by Crippen LogP contribution is 2.18. The summed E-state index contributed by atoms with van der Waals surface area (Å²) in [5.41, 5.74) is 5.84. The lowest BCUT2D eigenvalue weighted by Gasteiger charge is -2.34. The van der Waals surface area contributed by atoms with Crippen molar-refractivity contribution in [2.75, 3.05) is 39.8 Å². The third-order valence-corrected chi connectivity index (χ3v) is 3.87. The molecule has 2 rings (SSSR count). The van der Waals surface area contributed by atoms with Crippen LogP contribution in [0, 0.1) is 0 Å². The van der Waals surface area contributed by atoms with Gasteiger partial charge in [-0.3, -0.25) is 14.5 Å². The van der Waals surface area contributed by atoms with Gasteiger partial charge >= 0.3 is 0 Å². The Labute approximate surface area is 125 Å². The summed E-state index contributed by atoms with van der Waals surface area (Å²) in [5.74, 6) is -0.130. The van der Waals surface area contributed by atoms with Gasteiger partial charge in [-0.05, 0) is 19.8 Å². The fourth-order valence-corrected chi connectivity index (χ4v) is 2.31. The van der Waals surface area contributed by atoms with E-state index in [2.05, 4.69) is 5.32 Å². The largest absolute Gasteiger partial charge is 0.374 e. The molecule has 1 heterocycles. The van der Waals surface area contributed by atoms with Crippen molar-refractivity contribution < 1.29 is 14.3 Å². The van der Waals surface area contributed by atoms with Crippen LogP contribution in [0.2, 0.25) is 0 Å². The average molecular weight is 298 g/mol. The Morgan fingerprint density at radius 2 is 2.19 bits per heavy atom. The number of carbonyl (C=O) groups is 2. The Kier molecular flexibility index (Phi) is 5.55. The van der Waals surface area contributed by atoms with E-state index in [1.54, 1.807) is 7.05 Å². The Balaban J connectivity index is 1.72. The topological polar surface area (TPSA) is 87.9 Å². The van der Waals surface area contributed by atoms with Crippen LogP contribution in [0.25, 0.3) is 0 Å². The number of hydrogen-bond acceptors (Lipinski definition) is 5. The van der Waals surface area contributed by atoms with E-state index in [9.17, 15) is 9.59 Å². The molecule has 0 aromatic heterocycles. The summed E-state index contributed by atoms with van der Waals surface area (Å²) in [6, 6.07) is 0.275. The van der Waals surface area contributed by atoms with E-state index in [0.717, 1.165) is 19.4 Å². The molecule has 0 spiro atoms. The van der Waals surface area contributed by atoms with Crippen LogP contribution in [0.1, 0.15) is 19.8 Å². The maximum atomic E-state index is 12.2. The number of hydrogen-bond donors (Lipinski definition) is 2. The van der Waals surface area contributed by atoms with Gasteiger partial charge in [0.15, 0.2) is 0 Å². The predicted molar refractivity (Wildman–Crippen MR) is 78.6 cm³/mol. The third-order valence-electron chi connectivity index (χ3n) is 3.87. The van der Waals surface area contributed by atoms with Gasteiger partial charge in [0.25, 0.3) is 0 Å². The van der Waals surface area contributed by atoms with Gasteiger partial charge in [0, 0.05) is 32.2 Å². The number of nitrogens with zero attached hydrogens (tertiary/aromatic N) is 2. The molecular formula is C14H26N4O3. The molecule has 0 aromatic carbocycles. The normalized spacial score (nSPS) is 24.4. The van der Waals surface area contributed by atoms with Gasteiger partial charge in [0.05, 0.1) is 25.8 Å². The van der Waals surface area contributed by atoms with E-state index >= 15 is 0 Å². The summed E-state index contributed by atoms with van der Waals surface area (Å²) in [6.07, 6.45) is 2.07. The maximum absolute atomic E-state index is 12.2. The van der Waals surface area contributed by atoms with Gasteiger partial charge in [0.2, 0.25) is 11.8 Å². The first-order chi connectivity index (χ1) is 9.95. The van der Waals surface area contributed by atoms with Gasteiger partial charge in [0.1, 0.15) is 0 Å².